The summed E-state index contributed by atoms with van der Waals surface area (Å²) in [5.41, 5.74) is 1.94. The molecule has 2 saturated heterocycles. The van der Waals surface area contributed by atoms with Crippen molar-refractivity contribution in [3.8, 4) is 0 Å². The number of carbonyl (C=O) groups is 3. The fourth-order valence-electron chi connectivity index (χ4n) is 7.74. The number of para-hydroxylation sites is 2. The second-order valence-corrected chi connectivity index (χ2v) is 10.3. The van der Waals surface area contributed by atoms with Gasteiger partial charge in [-0.1, -0.05) is 73.7 Å². The maximum Gasteiger partial charge on any atom is 0.251 e. The Hall–Kier alpha value is -3.77. The number of fused-ring (bicyclic) bond motifs is 7. The molecule has 3 aromatic rings. The molecule has 0 bridgehead atoms. The predicted octanol–water partition coefficient (Wildman–Crippen LogP) is 4.26. The van der Waals surface area contributed by atoms with Crippen molar-refractivity contribution >= 4 is 29.0 Å². The maximum absolute atomic E-state index is 14.4. The molecule has 36 heavy (non-hydrogen) atoms. The molecule has 0 radical (unpaired) electrons. The first-order chi connectivity index (χ1) is 17.6. The summed E-state index contributed by atoms with van der Waals surface area (Å²) in [5.74, 6) is -1.25. The van der Waals surface area contributed by atoms with Crippen molar-refractivity contribution in [3.05, 3.63) is 95.1 Å². The number of amides is 2. The Morgan fingerprint density at radius 1 is 0.917 bits per heavy atom. The van der Waals surface area contributed by atoms with E-state index in [1.807, 2.05) is 72.8 Å². The molecule has 4 atom stereocenters. The van der Waals surface area contributed by atoms with Gasteiger partial charge >= 0.3 is 0 Å². The van der Waals surface area contributed by atoms with E-state index < -0.39 is 16.9 Å². The SMILES string of the molecule is CCc1cccc2c1NC(=O)[C@@]21N2CCC[C@@H]2[C@H](C(=O)c2ccccc2)[C@@]12C(=O)Nc1ccccc12. The van der Waals surface area contributed by atoms with Gasteiger partial charge in [0, 0.05) is 28.5 Å². The van der Waals surface area contributed by atoms with Crippen LogP contribution >= 0.6 is 0 Å². The Morgan fingerprint density at radius 2 is 1.67 bits per heavy atom. The van der Waals surface area contributed by atoms with Crippen molar-refractivity contribution in [2.45, 2.75) is 43.2 Å². The van der Waals surface area contributed by atoms with Crippen LogP contribution in [0.1, 0.15) is 46.8 Å². The van der Waals surface area contributed by atoms with Crippen molar-refractivity contribution in [3.63, 3.8) is 0 Å². The highest BCUT2D eigenvalue weighted by molar-refractivity contribution is 6.21. The first kappa shape index (κ1) is 21.5. The lowest BCUT2D eigenvalue weighted by Gasteiger charge is -2.43. The summed E-state index contributed by atoms with van der Waals surface area (Å²) in [5, 5.41) is 6.28. The van der Waals surface area contributed by atoms with Crippen molar-refractivity contribution in [1.82, 2.24) is 4.90 Å². The van der Waals surface area contributed by atoms with E-state index in [1.54, 1.807) is 0 Å². The van der Waals surface area contributed by atoms with Crippen molar-refractivity contribution in [1.29, 1.82) is 0 Å². The predicted molar refractivity (Wildman–Crippen MR) is 137 cm³/mol. The molecule has 180 valence electrons. The molecule has 2 amide bonds. The normalized spacial score (nSPS) is 29.8. The zero-order valence-corrected chi connectivity index (χ0v) is 20.1. The summed E-state index contributed by atoms with van der Waals surface area (Å²) < 4.78 is 0. The largest absolute Gasteiger partial charge is 0.325 e. The molecular weight excluding hydrogens is 450 g/mol. The zero-order valence-electron chi connectivity index (χ0n) is 20.1. The number of nitrogens with zero attached hydrogens (tertiary/aromatic N) is 1. The third-order valence-corrected chi connectivity index (χ3v) is 8.94. The number of carbonyl (C=O) groups excluding carboxylic acids is 3. The van der Waals surface area contributed by atoms with Crippen LogP contribution in [0.25, 0.3) is 0 Å². The quantitative estimate of drug-likeness (QED) is 0.553. The summed E-state index contributed by atoms with van der Waals surface area (Å²) >= 11 is 0. The average Bonchev–Trinajstić information content (AvgIpc) is 3.62. The van der Waals surface area contributed by atoms with Gasteiger partial charge in [0.05, 0.1) is 5.92 Å². The van der Waals surface area contributed by atoms with Crippen LogP contribution in [0.15, 0.2) is 72.8 Å². The van der Waals surface area contributed by atoms with E-state index in [-0.39, 0.29) is 23.6 Å². The van der Waals surface area contributed by atoms with Crippen LogP contribution in [0.3, 0.4) is 0 Å². The summed E-state index contributed by atoms with van der Waals surface area (Å²) in [6, 6.07) is 22.6. The molecule has 0 unspecified atom stereocenters. The summed E-state index contributed by atoms with van der Waals surface area (Å²) in [6.45, 7) is 2.72. The lowest BCUT2D eigenvalue weighted by molar-refractivity contribution is -0.137. The summed E-state index contributed by atoms with van der Waals surface area (Å²) in [7, 11) is 0. The van der Waals surface area contributed by atoms with Crippen molar-refractivity contribution in [2.75, 3.05) is 17.2 Å². The van der Waals surface area contributed by atoms with Crippen LogP contribution in [0, 0.1) is 5.92 Å². The minimum absolute atomic E-state index is 0.0795. The number of aryl methyl sites for hydroxylation is 1. The van der Waals surface area contributed by atoms with E-state index in [4.69, 9.17) is 0 Å². The van der Waals surface area contributed by atoms with E-state index in [0.29, 0.717) is 17.8 Å². The van der Waals surface area contributed by atoms with Crippen LogP contribution in [0.2, 0.25) is 0 Å². The molecule has 4 aliphatic heterocycles. The smallest absolute Gasteiger partial charge is 0.251 e. The average molecular weight is 478 g/mol. The molecule has 0 aliphatic carbocycles. The molecule has 0 saturated carbocycles. The second kappa shape index (κ2) is 7.37. The lowest BCUT2D eigenvalue weighted by atomic mass is 9.57. The number of hydrogen-bond donors (Lipinski definition) is 2. The van der Waals surface area contributed by atoms with Gasteiger partial charge in [0.25, 0.3) is 5.91 Å². The van der Waals surface area contributed by atoms with Gasteiger partial charge in [0.15, 0.2) is 5.78 Å². The third kappa shape index (κ3) is 2.29. The van der Waals surface area contributed by atoms with Crippen molar-refractivity contribution in [2.24, 2.45) is 5.92 Å². The Bertz CT molecular complexity index is 1450. The van der Waals surface area contributed by atoms with Crippen LogP contribution in [-0.4, -0.2) is 35.1 Å². The van der Waals surface area contributed by atoms with E-state index in [2.05, 4.69) is 22.5 Å². The van der Waals surface area contributed by atoms with Crippen LogP contribution in [0.5, 0.6) is 0 Å². The van der Waals surface area contributed by atoms with Gasteiger partial charge in [-0.05, 0) is 43.0 Å². The lowest BCUT2D eigenvalue weighted by Crippen LogP contribution is -2.62. The number of nitrogens with one attached hydrogen (secondary N) is 2. The minimum Gasteiger partial charge on any atom is -0.325 e. The molecule has 3 aromatic carbocycles. The van der Waals surface area contributed by atoms with E-state index >= 15 is 0 Å². The number of benzene rings is 3. The first-order valence-electron chi connectivity index (χ1n) is 12.8. The molecule has 0 aromatic heterocycles. The zero-order chi connectivity index (χ0) is 24.7. The summed E-state index contributed by atoms with van der Waals surface area (Å²) in [6.07, 6.45) is 2.39. The number of hydrogen-bond acceptors (Lipinski definition) is 4. The molecule has 2 spiro atoms. The van der Waals surface area contributed by atoms with Crippen LogP contribution in [-0.2, 0) is 27.0 Å². The second-order valence-electron chi connectivity index (χ2n) is 10.3. The molecule has 6 nitrogen and oxygen atoms in total. The van der Waals surface area contributed by atoms with Gasteiger partial charge < -0.3 is 10.6 Å². The van der Waals surface area contributed by atoms with Gasteiger partial charge in [0.1, 0.15) is 11.0 Å². The topological polar surface area (TPSA) is 78.5 Å². The standard InChI is InChI=1S/C30H27N3O3/c1-2-18-12-8-14-21-25(18)32-28(36)30(21)29(20-13-6-7-15-22(20)31-27(29)35)24(23-16-9-17-33(23)30)26(34)19-10-4-3-5-11-19/h3-8,10-15,23-24H,2,9,16-17H2,1H3,(H,31,35)(H,32,36)/t23-,24-,29+,30+/m1/s1. The van der Waals surface area contributed by atoms with Gasteiger partial charge in [-0.25, -0.2) is 0 Å². The number of anilines is 2. The molecule has 4 aliphatic rings. The Morgan fingerprint density at radius 3 is 2.47 bits per heavy atom. The Kier molecular flexibility index (Phi) is 4.40. The molecule has 2 fully saturated rings. The molecular formula is C30H27N3O3. The fraction of sp³-hybridized carbons (Fsp3) is 0.300. The van der Waals surface area contributed by atoms with E-state index in [0.717, 1.165) is 41.6 Å². The van der Waals surface area contributed by atoms with Gasteiger partial charge in [0.2, 0.25) is 5.91 Å². The Labute approximate surface area is 209 Å². The van der Waals surface area contributed by atoms with Crippen molar-refractivity contribution < 1.29 is 14.4 Å². The van der Waals surface area contributed by atoms with E-state index in [1.165, 1.54) is 0 Å². The maximum atomic E-state index is 14.4. The molecule has 4 heterocycles. The van der Waals surface area contributed by atoms with Crippen LogP contribution < -0.4 is 10.6 Å². The highest BCUT2D eigenvalue weighted by Crippen LogP contribution is 2.68. The highest BCUT2D eigenvalue weighted by Gasteiger charge is 2.81. The number of rotatable bonds is 3. The molecule has 6 heteroatoms. The molecule has 2 N–H and O–H groups in total. The number of Topliss-reactive ketones (excluding diaryl/α,β-unsaturated/α-hetero) is 1. The number of ketones is 1. The van der Waals surface area contributed by atoms with Gasteiger partial charge in [-0.3, -0.25) is 19.3 Å². The summed E-state index contributed by atoms with van der Waals surface area (Å²) in [4.78, 5) is 45.5. The minimum atomic E-state index is -1.39. The highest BCUT2D eigenvalue weighted by atomic mass is 16.2. The fourth-order valence-corrected chi connectivity index (χ4v) is 7.74. The Balaban J connectivity index is 1.60. The molecule has 7 rings (SSSR count). The monoisotopic (exact) mass is 477 g/mol. The first-order valence-corrected chi connectivity index (χ1v) is 12.8. The van der Waals surface area contributed by atoms with Gasteiger partial charge in [-0.15, -0.1) is 0 Å². The van der Waals surface area contributed by atoms with Crippen LogP contribution in [0.4, 0.5) is 11.4 Å². The van der Waals surface area contributed by atoms with E-state index in [9.17, 15) is 14.4 Å². The van der Waals surface area contributed by atoms with Gasteiger partial charge in [-0.2, -0.15) is 0 Å². The third-order valence-electron chi connectivity index (χ3n) is 8.94.